The molecule has 1 atom stereocenters. The zero-order valence-electron chi connectivity index (χ0n) is 21.1. The van der Waals surface area contributed by atoms with Gasteiger partial charge in [0, 0.05) is 37.7 Å². The maximum Gasteiger partial charge on any atom is 0.259 e. The van der Waals surface area contributed by atoms with Gasteiger partial charge in [0.15, 0.2) is 0 Å². The molecule has 0 amide bonds. The molecule has 1 aliphatic rings. The molecular weight excluding hydrogens is 460 g/mol. The molecular formula is C27H38N4O3S. The smallest absolute Gasteiger partial charge is 0.259 e. The van der Waals surface area contributed by atoms with Gasteiger partial charge in [-0.1, -0.05) is 44.2 Å². The topological polar surface area (TPSA) is 81.7 Å². The molecule has 1 aromatic carbocycles. The highest BCUT2D eigenvalue weighted by molar-refractivity contribution is 7.18. The lowest BCUT2D eigenvalue weighted by atomic mass is 10.0. The number of nitrogens with one attached hydrogen (secondary N) is 1. The Hall–Kier alpha value is -2.10. The third kappa shape index (κ3) is 6.98. The van der Waals surface area contributed by atoms with E-state index in [-0.39, 0.29) is 5.56 Å². The van der Waals surface area contributed by atoms with Gasteiger partial charge in [-0.2, -0.15) is 0 Å². The summed E-state index contributed by atoms with van der Waals surface area (Å²) in [5.74, 6) is 1.22. The van der Waals surface area contributed by atoms with Crippen molar-refractivity contribution in [2.75, 3.05) is 32.8 Å². The number of H-pyrrole nitrogens is 1. The average Bonchev–Trinajstić information content (AvgIpc) is 3.19. The highest BCUT2D eigenvalue weighted by Gasteiger charge is 2.24. The van der Waals surface area contributed by atoms with E-state index in [2.05, 4.69) is 52.9 Å². The summed E-state index contributed by atoms with van der Waals surface area (Å²) in [7, 11) is 0. The van der Waals surface area contributed by atoms with E-state index in [4.69, 9.17) is 9.72 Å². The molecule has 0 fully saturated rings. The van der Waals surface area contributed by atoms with Crippen LogP contribution in [0.1, 0.15) is 49.0 Å². The standard InChI is InChI=1S/C27H38N4O3S/c1-4-34-18-21(32)15-31(12-10-19(2)3)17-24-28-26(33)25-22-11-13-30(14-20-8-6-5-7-9-20)16-23(22)35-27(25)29-24/h5-9,19,21,32H,4,10-18H2,1-3H3,(H,28,29,33)/t21-/m0/s1. The fourth-order valence-corrected chi connectivity index (χ4v) is 5.92. The summed E-state index contributed by atoms with van der Waals surface area (Å²) in [5, 5.41) is 11.2. The molecule has 0 aliphatic carbocycles. The van der Waals surface area contributed by atoms with Crippen LogP contribution in [-0.4, -0.2) is 63.8 Å². The van der Waals surface area contributed by atoms with Crippen LogP contribution in [0.4, 0.5) is 0 Å². The molecule has 2 aromatic heterocycles. The Morgan fingerprint density at radius 3 is 2.83 bits per heavy atom. The Kier molecular flexibility index (Phi) is 9.08. The molecule has 7 nitrogen and oxygen atoms in total. The minimum Gasteiger partial charge on any atom is -0.389 e. The van der Waals surface area contributed by atoms with Crippen molar-refractivity contribution < 1.29 is 9.84 Å². The van der Waals surface area contributed by atoms with Crippen LogP contribution in [0, 0.1) is 5.92 Å². The van der Waals surface area contributed by atoms with Crippen LogP contribution in [0.2, 0.25) is 0 Å². The molecule has 0 saturated carbocycles. The SMILES string of the molecule is CCOC[C@@H](O)CN(CCC(C)C)Cc1nc2sc3c(c2c(=O)[nH]1)CCN(Cc1ccccc1)C3. The number of aromatic amines is 1. The third-order valence-corrected chi connectivity index (χ3v) is 7.58. The van der Waals surface area contributed by atoms with Crippen LogP contribution in [0.5, 0.6) is 0 Å². The zero-order valence-corrected chi connectivity index (χ0v) is 21.9. The van der Waals surface area contributed by atoms with Crippen LogP contribution in [0.15, 0.2) is 35.1 Å². The molecule has 0 saturated heterocycles. The first-order chi connectivity index (χ1) is 16.9. The maximum absolute atomic E-state index is 13.1. The second kappa shape index (κ2) is 12.2. The molecule has 4 rings (SSSR count). The molecule has 0 radical (unpaired) electrons. The van der Waals surface area contributed by atoms with Crippen LogP contribution in [0.25, 0.3) is 10.2 Å². The van der Waals surface area contributed by atoms with Crippen molar-refractivity contribution in [1.29, 1.82) is 0 Å². The van der Waals surface area contributed by atoms with Crippen molar-refractivity contribution >= 4 is 21.6 Å². The minimum absolute atomic E-state index is 0.0438. The Bertz CT molecular complexity index is 1140. The van der Waals surface area contributed by atoms with Crippen LogP contribution >= 0.6 is 11.3 Å². The Morgan fingerprint density at radius 1 is 1.29 bits per heavy atom. The van der Waals surface area contributed by atoms with E-state index >= 15 is 0 Å². The van der Waals surface area contributed by atoms with Crippen molar-refractivity contribution in [2.45, 2.75) is 59.4 Å². The van der Waals surface area contributed by atoms with E-state index in [9.17, 15) is 9.90 Å². The van der Waals surface area contributed by atoms with Gasteiger partial charge in [0.1, 0.15) is 10.7 Å². The van der Waals surface area contributed by atoms with Gasteiger partial charge in [-0.25, -0.2) is 4.98 Å². The number of hydrogen-bond acceptors (Lipinski definition) is 7. The number of rotatable bonds is 12. The van der Waals surface area contributed by atoms with Gasteiger partial charge in [-0.05, 0) is 43.4 Å². The van der Waals surface area contributed by atoms with E-state index in [1.807, 2.05) is 13.0 Å². The van der Waals surface area contributed by atoms with Gasteiger partial charge >= 0.3 is 0 Å². The lowest BCUT2D eigenvalue weighted by Gasteiger charge is -2.26. The number of nitrogens with zero attached hydrogens (tertiary/aromatic N) is 3. The molecule has 1 aliphatic heterocycles. The summed E-state index contributed by atoms with van der Waals surface area (Å²) in [4.78, 5) is 27.7. The average molecular weight is 499 g/mol. The number of aliphatic hydroxyl groups excluding tert-OH is 1. The third-order valence-electron chi connectivity index (χ3n) is 6.47. The van der Waals surface area contributed by atoms with E-state index in [1.54, 1.807) is 11.3 Å². The van der Waals surface area contributed by atoms with Crippen LogP contribution < -0.4 is 5.56 Å². The van der Waals surface area contributed by atoms with E-state index in [0.717, 1.165) is 49.2 Å². The van der Waals surface area contributed by atoms with Gasteiger partial charge < -0.3 is 14.8 Å². The van der Waals surface area contributed by atoms with Gasteiger partial charge in [0.05, 0.1) is 24.6 Å². The summed E-state index contributed by atoms with van der Waals surface area (Å²) >= 11 is 1.65. The molecule has 190 valence electrons. The Morgan fingerprint density at radius 2 is 2.09 bits per heavy atom. The Balaban J connectivity index is 1.50. The minimum atomic E-state index is -0.567. The molecule has 3 heterocycles. The van der Waals surface area contributed by atoms with Crippen LogP contribution in [-0.2, 0) is 30.8 Å². The van der Waals surface area contributed by atoms with Gasteiger partial charge in [0.25, 0.3) is 5.56 Å². The fraction of sp³-hybridized carbons (Fsp3) is 0.556. The summed E-state index contributed by atoms with van der Waals surface area (Å²) < 4.78 is 5.39. The molecule has 0 unspecified atom stereocenters. The largest absolute Gasteiger partial charge is 0.389 e. The van der Waals surface area contributed by atoms with Crippen molar-refractivity contribution in [3.8, 4) is 0 Å². The lowest BCUT2D eigenvalue weighted by Crippen LogP contribution is -2.36. The molecule has 2 N–H and O–H groups in total. The monoisotopic (exact) mass is 498 g/mol. The summed E-state index contributed by atoms with van der Waals surface area (Å²) in [6.45, 7) is 11.7. The van der Waals surface area contributed by atoms with Crippen molar-refractivity contribution in [3.63, 3.8) is 0 Å². The predicted octanol–water partition coefficient (Wildman–Crippen LogP) is 3.79. The first kappa shape index (κ1) is 26.0. The number of benzene rings is 1. The summed E-state index contributed by atoms with van der Waals surface area (Å²) in [6, 6.07) is 10.5. The normalized spacial score (nSPS) is 15.3. The van der Waals surface area contributed by atoms with Gasteiger partial charge in [-0.3, -0.25) is 14.6 Å². The quantitative estimate of drug-likeness (QED) is 0.395. The predicted molar refractivity (Wildman–Crippen MR) is 142 cm³/mol. The van der Waals surface area contributed by atoms with Crippen molar-refractivity contribution in [2.24, 2.45) is 5.92 Å². The number of ether oxygens (including phenoxy) is 1. The summed E-state index contributed by atoms with van der Waals surface area (Å²) in [6.07, 6.45) is 1.32. The molecule has 0 spiro atoms. The van der Waals surface area contributed by atoms with Gasteiger partial charge in [-0.15, -0.1) is 11.3 Å². The first-order valence-electron chi connectivity index (χ1n) is 12.7. The molecule has 35 heavy (non-hydrogen) atoms. The number of thiophene rings is 1. The second-order valence-electron chi connectivity index (χ2n) is 9.87. The Labute approximate surface area is 211 Å². The van der Waals surface area contributed by atoms with E-state index in [0.29, 0.717) is 38.0 Å². The molecule has 3 aromatic rings. The van der Waals surface area contributed by atoms with Crippen molar-refractivity contribution in [3.05, 3.63) is 62.5 Å². The number of fused-ring (bicyclic) bond motifs is 3. The molecule has 8 heteroatoms. The highest BCUT2D eigenvalue weighted by Crippen LogP contribution is 2.33. The maximum atomic E-state index is 13.1. The van der Waals surface area contributed by atoms with Gasteiger partial charge in [0.2, 0.25) is 0 Å². The second-order valence-corrected chi connectivity index (χ2v) is 11.0. The number of aliphatic hydroxyl groups is 1. The van der Waals surface area contributed by atoms with E-state index < -0.39 is 6.10 Å². The zero-order chi connectivity index (χ0) is 24.8. The van der Waals surface area contributed by atoms with Crippen LogP contribution in [0.3, 0.4) is 0 Å². The number of aromatic nitrogens is 2. The highest BCUT2D eigenvalue weighted by atomic mass is 32.1. The van der Waals surface area contributed by atoms with E-state index in [1.165, 1.54) is 16.0 Å². The number of hydrogen-bond donors (Lipinski definition) is 2. The fourth-order valence-electron chi connectivity index (χ4n) is 4.64. The summed E-state index contributed by atoms with van der Waals surface area (Å²) in [5.41, 5.74) is 2.43. The molecule has 0 bridgehead atoms. The lowest BCUT2D eigenvalue weighted by molar-refractivity contribution is 0.0183. The first-order valence-corrected chi connectivity index (χ1v) is 13.5. The van der Waals surface area contributed by atoms with Crippen molar-refractivity contribution in [1.82, 2.24) is 19.8 Å².